The minimum absolute atomic E-state index is 0.0108. The van der Waals surface area contributed by atoms with Crippen molar-refractivity contribution in [2.45, 2.75) is 0 Å². The highest BCUT2D eigenvalue weighted by Gasteiger charge is 2.12. The molecule has 0 fully saturated rings. The number of carbonyl (C=O) groups excluding carboxylic acids is 1. The second kappa shape index (κ2) is 5.65. The third kappa shape index (κ3) is 2.63. The van der Waals surface area contributed by atoms with Crippen LogP contribution in [0.3, 0.4) is 0 Å². The molecule has 0 unspecified atom stereocenters. The van der Waals surface area contributed by atoms with Crippen LogP contribution in [0.1, 0.15) is 21.5 Å². The highest BCUT2D eigenvalue weighted by Crippen LogP contribution is 2.22. The summed E-state index contributed by atoms with van der Waals surface area (Å²) in [7, 11) is 0. The quantitative estimate of drug-likeness (QED) is 0.645. The largest absolute Gasteiger partial charge is 0.506 e. The topological polar surface area (TPSA) is 49.3 Å². The van der Waals surface area contributed by atoms with Crippen LogP contribution in [-0.4, -0.2) is 11.0 Å². The van der Waals surface area contributed by atoms with Gasteiger partial charge in [0.2, 0.25) is 0 Å². The van der Waals surface area contributed by atoms with E-state index in [0.717, 1.165) is 0 Å². The lowest BCUT2D eigenvalue weighted by Crippen LogP contribution is -2.13. The zero-order valence-electron chi connectivity index (χ0n) is 10.6. The van der Waals surface area contributed by atoms with Crippen molar-refractivity contribution in [1.29, 1.82) is 0 Å². The van der Waals surface area contributed by atoms with Gasteiger partial charge in [0.1, 0.15) is 5.75 Å². The van der Waals surface area contributed by atoms with Crippen LogP contribution < -0.4 is 5.32 Å². The highest BCUT2D eigenvalue weighted by molar-refractivity contribution is 6.06. The van der Waals surface area contributed by atoms with Crippen molar-refractivity contribution >= 4 is 11.6 Å². The van der Waals surface area contributed by atoms with Crippen LogP contribution in [0.2, 0.25) is 0 Å². The summed E-state index contributed by atoms with van der Waals surface area (Å²) < 4.78 is 0. The Morgan fingerprint density at radius 3 is 2.50 bits per heavy atom. The average molecular weight is 261 g/mol. The molecule has 2 aromatic carbocycles. The van der Waals surface area contributed by atoms with Crippen LogP contribution in [0.15, 0.2) is 42.5 Å². The Balaban J connectivity index is 2.34. The first-order valence-corrected chi connectivity index (χ1v) is 5.82. The van der Waals surface area contributed by atoms with Gasteiger partial charge < -0.3 is 10.4 Å². The Kier molecular flexibility index (Phi) is 3.75. The number of carbonyl (C=O) groups is 1. The predicted molar refractivity (Wildman–Crippen MR) is 78.4 cm³/mol. The molecule has 2 rings (SSSR count). The van der Waals surface area contributed by atoms with Gasteiger partial charge in [-0.3, -0.25) is 4.79 Å². The van der Waals surface area contributed by atoms with Crippen LogP contribution in [0.25, 0.3) is 0 Å². The summed E-state index contributed by atoms with van der Waals surface area (Å²) >= 11 is 0. The standard InChI is InChI=1S/C17H11NO2/c1-3-12-9-10-14(13(4-2)11-12)17(20)18-15-7-5-6-8-16(15)19/h1-2,5-11,19H,(H,18,20). The summed E-state index contributed by atoms with van der Waals surface area (Å²) in [5.41, 5.74) is 1.67. The molecule has 0 radical (unpaired) electrons. The Morgan fingerprint density at radius 1 is 1.10 bits per heavy atom. The Morgan fingerprint density at radius 2 is 1.85 bits per heavy atom. The van der Waals surface area contributed by atoms with Gasteiger partial charge in [0, 0.05) is 11.1 Å². The van der Waals surface area contributed by atoms with E-state index >= 15 is 0 Å². The summed E-state index contributed by atoms with van der Waals surface area (Å²) in [6.45, 7) is 0. The number of terminal acetylenes is 2. The zero-order valence-corrected chi connectivity index (χ0v) is 10.6. The van der Waals surface area contributed by atoms with Gasteiger partial charge in [0.15, 0.2) is 0 Å². The average Bonchev–Trinajstić information content (AvgIpc) is 2.48. The molecule has 0 atom stereocenters. The van der Waals surface area contributed by atoms with E-state index in [-0.39, 0.29) is 5.75 Å². The molecule has 0 aliphatic rings. The first-order chi connectivity index (χ1) is 9.65. The number of phenols is 1. The summed E-state index contributed by atoms with van der Waals surface area (Å²) in [6.07, 6.45) is 10.7. The minimum Gasteiger partial charge on any atom is -0.506 e. The van der Waals surface area contributed by atoms with Crippen molar-refractivity contribution in [1.82, 2.24) is 0 Å². The monoisotopic (exact) mass is 261 g/mol. The lowest BCUT2D eigenvalue weighted by atomic mass is 10.0. The molecule has 0 saturated heterocycles. The molecule has 0 bridgehead atoms. The van der Waals surface area contributed by atoms with Gasteiger partial charge in [-0.2, -0.15) is 0 Å². The van der Waals surface area contributed by atoms with Gasteiger partial charge in [-0.05, 0) is 30.3 Å². The maximum Gasteiger partial charge on any atom is 0.257 e. The van der Waals surface area contributed by atoms with E-state index in [2.05, 4.69) is 17.2 Å². The second-order valence-electron chi connectivity index (χ2n) is 4.02. The van der Waals surface area contributed by atoms with E-state index in [1.54, 1.807) is 36.4 Å². The van der Waals surface area contributed by atoms with E-state index in [0.29, 0.717) is 22.4 Å². The van der Waals surface area contributed by atoms with Crippen LogP contribution in [0.5, 0.6) is 5.75 Å². The van der Waals surface area contributed by atoms with Gasteiger partial charge >= 0.3 is 0 Å². The number of amides is 1. The number of phenolic OH excluding ortho intramolecular Hbond substituents is 1. The number of hydrogen-bond donors (Lipinski definition) is 2. The van der Waals surface area contributed by atoms with Gasteiger partial charge in [-0.25, -0.2) is 0 Å². The van der Waals surface area contributed by atoms with Gasteiger partial charge in [-0.15, -0.1) is 12.8 Å². The Labute approximate surface area is 117 Å². The van der Waals surface area contributed by atoms with E-state index < -0.39 is 5.91 Å². The minimum atomic E-state index is -0.400. The number of aromatic hydroxyl groups is 1. The van der Waals surface area contributed by atoms with Crippen molar-refractivity contribution in [3.8, 4) is 30.4 Å². The van der Waals surface area contributed by atoms with Crippen LogP contribution >= 0.6 is 0 Å². The van der Waals surface area contributed by atoms with E-state index in [4.69, 9.17) is 12.8 Å². The number of anilines is 1. The molecular weight excluding hydrogens is 250 g/mol. The van der Waals surface area contributed by atoms with Gasteiger partial charge in [-0.1, -0.05) is 24.0 Å². The second-order valence-corrected chi connectivity index (χ2v) is 4.02. The van der Waals surface area contributed by atoms with Crippen molar-refractivity contribution in [2.24, 2.45) is 0 Å². The maximum absolute atomic E-state index is 12.2. The number of benzene rings is 2. The third-order valence-corrected chi connectivity index (χ3v) is 2.74. The van der Waals surface area contributed by atoms with Crippen LogP contribution in [0.4, 0.5) is 5.69 Å². The normalized spacial score (nSPS) is 9.30. The number of rotatable bonds is 2. The molecule has 96 valence electrons. The number of nitrogens with one attached hydrogen (secondary N) is 1. The maximum atomic E-state index is 12.2. The molecule has 0 spiro atoms. The zero-order chi connectivity index (χ0) is 14.5. The first-order valence-electron chi connectivity index (χ1n) is 5.82. The molecule has 3 heteroatoms. The fraction of sp³-hybridized carbons (Fsp3) is 0. The Bertz CT molecular complexity index is 748. The molecule has 2 aromatic rings. The fourth-order valence-corrected chi connectivity index (χ4v) is 1.72. The van der Waals surface area contributed by atoms with Crippen molar-refractivity contribution < 1.29 is 9.90 Å². The predicted octanol–water partition coefficient (Wildman–Crippen LogP) is 2.61. The molecule has 20 heavy (non-hydrogen) atoms. The molecule has 3 nitrogen and oxygen atoms in total. The van der Waals surface area contributed by atoms with Crippen LogP contribution in [0, 0.1) is 24.7 Å². The van der Waals surface area contributed by atoms with Gasteiger partial charge in [0.05, 0.1) is 11.3 Å². The molecule has 1 amide bonds. The van der Waals surface area contributed by atoms with E-state index in [1.165, 1.54) is 6.07 Å². The summed E-state index contributed by atoms with van der Waals surface area (Å²) in [6, 6.07) is 11.3. The summed E-state index contributed by atoms with van der Waals surface area (Å²) in [5, 5.41) is 12.2. The first kappa shape index (κ1) is 13.3. The number of para-hydroxylation sites is 2. The fourth-order valence-electron chi connectivity index (χ4n) is 1.72. The van der Waals surface area contributed by atoms with Gasteiger partial charge in [0.25, 0.3) is 5.91 Å². The molecule has 0 saturated carbocycles. The molecule has 0 heterocycles. The molecule has 2 N–H and O–H groups in total. The van der Waals surface area contributed by atoms with Crippen LogP contribution in [-0.2, 0) is 0 Å². The third-order valence-electron chi connectivity index (χ3n) is 2.74. The molecule has 0 aromatic heterocycles. The molecule has 0 aliphatic heterocycles. The number of hydrogen-bond acceptors (Lipinski definition) is 2. The summed E-state index contributed by atoms with van der Waals surface area (Å²) in [5.74, 6) is 4.48. The molecule has 0 aliphatic carbocycles. The summed E-state index contributed by atoms with van der Waals surface area (Å²) in [4.78, 5) is 12.2. The lowest BCUT2D eigenvalue weighted by molar-refractivity contribution is 0.102. The highest BCUT2D eigenvalue weighted by atomic mass is 16.3. The van der Waals surface area contributed by atoms with Crippen molar-refractivity contribution in [3.05, 3.63) is 59.2 Å². The van der Waals surface area contributed by atoms with Crippen molar-refractivity contribution in [2.75, 3.05) is 5.32 Å². The van der Waals surface area contributed by atoms with E-state index in [1.807, 2.05) is 0 Å². The molecular formula is C17H11NO2. The SMILES string of the molecule is C#Cc1ccc(C(=O)Nc2ccccc2O)c(C#C)c1. The Hall–Kier alpha value is -3.17. The van der Waals surface area contributed by atoms with E-state index in [9.17, 15) is 9.90 Å². The smallest absolute Gasteiger partial charge is 0.257 e. The van der Waals surface area contributed by atoms with Crippen molar-refractivity contribution in [3.63, 3.8) is 0 Å². The lowest BCUT2D eigenvalue weighted by Gasteiger charge is -2.08.